The minimum atomic E-state index is -0.136. The fourth-order valence-electron chi connectivity index (χ4n) is 2.51. The van der Waals surface area contributed by atoms with Gasteiger partial charge in [0.1, 0.15) is 0 Å². The Morgan fingerprint density at radius 1 is 1.29 bits per heavy atom. The second kappa shape index (κ2) is 4.96. The third-order valence-corrected chi connectivity index (χ3v) is 3.85. The van der Waals surface area contributed by atoms with Gasteiger partial charge in [0.25, 0.3) is 0 Å². The second-order valence-electron chi connectivity index (χ2n) is 5.37. The van der Waals surface area contributed by atoms with E-state index in [4.69, 9.17) is 5.73 Å². The van der Waals surface area contributed by atoms with Gasteiger partial charge in [-0.15, -0.1) is 0 Å². The molecule has 0 atom stereocenters. The molecule has 1 aliphatic carbocycles. The van der Waals surface area contributed by atoms with E-state index in [1.54, 1.807) is 0 Å². The summed E-state index contributed by atoms with van der Waals surface area (Å²) in [5.74, 6) is 0.780. The molecule has 4 N–H and O–H groups in total. The van der Waals surface area contributed by atoms with Gasteiger partial charge in [0, 0.05) is 11.4 Å². The number of anilines is 2. The van der Waals surface area contributed by atoms with Crippen molar-refractivity contribution in [2.45, 2.75) is 38.1 Å². The fourth-order valence-corrected chi connectivity index (χ4v) is 2.51. The highest BCUT2D eigenvalue weighted by Gasteiger charge is 2.33. The number of hydrogen-bond donors (Lipinski definition) is 3. The molecule has 2 rings (SSSR count). The van der Waals surface area contributed by atoms with Crippen LogP contribution >= 0.6 is 0 Å². The average molecular weight is 234 g/mol. The molecule has 0 heterocycles. The Morgan fingerprint density at radius 3 is 2.41 bits per heavy atom. The van der Waals surface area contributed by atoms with Gasteiger partial charge in [-0.3, -0.25) is 0 Å². The molecular formula is C14H22N2O. The first-order valence-electron chi connectivity index (χ1n) is 6.38. The molecule has 1 aromatic rings. The van der Waals surface area contributed by atoms with Crippen molar-refractivity contribution >= 4 is 11.4 Å². The zero-order valence-electron chi connectivity index (χ0n) is 10.4. The smallest absolute Gasteiger partial charge is 0.0661 e. The molecule has 94 valence electrons. The lowest BCUT2D eigenvalue weighted by Crippen LogP contribution is -2.45. The number of benzene rings is 1. The fraction of sp³-hybridized carbons (Fsp3) is 0.571. The van der Waals surface area contributed by atoms with Crippen LogP contribution in [0.2, 0.25) is 0 Å². The van der Waals surface area contributed by atoms with Gasteiger partial charge in [-0.25, -0.2) is 0 Å². The topological polar surface area (TPSA) is 58.3 Å². The largest absolute Gasteiger partial charge is 0.399 e. The molecule has 3 nitrogen and oxygen atoms in total. The molecule has 0 radical (unpaired) electrons. The summed E-state index contributed by atoms with van der Waals surface area (Å²) in [4.78, 5) is 0. The monoisotopic (exact) mass is 234 g/mol. The van der Waals surface area contributed by atoms with Gasteiger partial charge in [0.15, 0.2) is 0 Å². The highest BCUT2D eigenvalue weighted by molar-refractivity contribution is 5.52. The first-order valence-corrected chi connectivity index (χ1v) is 6.38. The average Bonchev–Trinajstić information content (AvgIpc) is 2.35. The number of nitrogen functional groups attached to an aromatic ring is 1. The van der Waals surface area contributed by atoms with E-state index in [1.807, 2.05) is 24.3 Å². The number of hydrogen-bond acceptors (Lipinski definition) is 3. The van der Waals surface area contributed by atoms with Gasteiger partial charge in [-0.1, -0.05) is 6.92 Å². The molecule has 1 aromatic carbocycles. The lowest BCUT2D eigenvalue weighted by atomic mass is 9.77. The van der Waals surface area contributed by atoms with Crippen molar-refractivity contribution < 1.29 is 5.11 Å². The summed E-state index contributed by atoms with van der Waals surface area (Å²) >= 11 is 0. The molecule has 3 heteroatoms. The van der Waals surface area contributed by atoms with Crippen molar-refractivity contribution in [1.82, 2.24) is 0 Å². The number of nitrogens with two attached hydrogens (primary N) is 1. The lowest BCUT2D eigenvalue weighted by Gasteiger charge is -2.39. The van der Waals surface area contributed by atoms with Gasteiger partial charge in [0.05, 0.1) is 12.1 Å². The maximum atomic E-state index is 9.66. The Labute approximate surface area is 103 Å². The van der Waals surface area contributed by atoms with Crippen LogP contribution in [-0.4, -0.2) is 17.3 Å². The van der Waals surface area contributed by atoms with Crippen LogP contribution in [0.1, 0.15) is 32.6 Å². The quantitative estimate of drug-likeness (QED) is 0.705. The van der Waals surface area contributed by atoms with E-state index < -0.39 is 0 Å². The van der Waals surface area contributed by atoms with E-state index in [0.29, 0.717) is 0 Å². The highest BCUT2D eigenvalue weighted by Crippen LogP contribution is 2.34. The van der Waals surface area contributed by atoms with E-state index in [2.05, 4.69) is 12.2 Å². The Balaban J connectivity index is 2.06. The molecule has 17 heavy (non-hydrogen) atoms. The van der Waals surface area contributed by atoms with Crippen LogP contribution in [0.25, 0.3) is 0 Å². The first-order chi connectivity index (χ1) is 8.13. The summed E-state index contributed by atoms with van der Waals surface area (Å²) < 4.78 is 0. The summed E-state index contributed by atoms with van der Waals surface area (Å²) in [6, 6.07) is 7.73. The lowest BCUT2D eigenvalue weighted by molar-refractivity contribution is 0.155. The van der Waals surface area contributed by atoms with Crippen LogP contribution < -0.4 is 11.1 Å². The maximum Gasteiger partial charge on any atom is 0.0661 e. The van der Waals surface area contributed by atoms with Crippen LogP contribution in [0.5, 0.6) is 0 Å². The number of nitrogens with one attached hydrogen (secondary N) is 1. The Hall–Kier alpha value is -1.22. The maximum absolute atomic E-state index is 9.66. The van der Waals surface area contributed by atoms with Crippen LogP contribution in [0.3, 0.4) is 0 Å². The SMILES string of the molecule is CC1CCC(CO)(Nc2ccc(N)cc2)CC1. The number of aliphatic hydroxyl groups is 1. The minimum Gasteiger partial charge on any atom is -0.399 e. The molecule has 0 aromatic heterocycles. The van der Waals surface area contributed by atoms with Gasteiger partial charge in [0.2, 0.25) is 0 Å². The molecule has 1 aliphatic rings. The van der Waals surface area contributed by atoms with E-state index >= 15 is 0 Å². The Kier molecular flexibility index (Phi) is 3.57. The molecule has 0 aliphatic heterocycles. The van der Waals surface area contributed by atoms with Crippen molar-refractivity contribution in [3.8, 4) is 0 Å². The number of aliphatic hydroxyl groups excluding tert-OH is 1. The highest BCUT2D eigenvalue weighted by atomic mass is 16.3. The van der Waals surface area contributed by atoms with Crippen molar-refractivity contribution in [2.24, 2.45) is 5.92 Å². The predicted octanol–water partition coefficient (Wildman–Crippen LogP) is 2.62. The Bertz CT molecular complexity index is 353. The zero-order chi connectivity index (χ0) is 12.3. The molecule has 1 saturated carbocycles. The summed E-state index contributed by atoms with van der Waals surface area (Å²) in [5.41, 5.74) is 7.34. The van der Waals surface area contributed by atoms with Crippen LogP contribution in [-0.2, 0) is 0 Å². The summed E-state index contributed by atoms with van der Waals surface area (Å²) in [6.45, 7) is 2.48. The van der Waals surface area contributed by atoms with Crippen LogP contribution in [0.4, 0.5) is 11.4 Å². The summed E-state index contributed by atoms with van der Waals surface area (Å²) in [7, 11) is 0. The second-order valence-corrected chi connectivity index (χ2v) is 5.37. The molecule has 0 saturated heterocycles. The van der Waals surface area contributed by atoms with Crippen molar-refractivity contribution in [1.29, 1.82) is 0 Å². The molecule has 0 spiro atoms. The zero-order valence-corrected chi connectivity index (χ0v) is 10.4. The van der Waals surface area contributed by atoms with E-state index in [9.17, 15) is 5.11 Å². The molecule has 0 amide bonds. The standard InChI is InChI=1S/C14H22N2O/c1-11-6-8-14(10-17,9-7-11)16-13-4-2-12(15)3-5-13/h2-5,11,16-17H,6-10,15H2,1H3. The molecule has 1 fully saturated rings. The van der Waals surface area contributed by atoms with Crippen molar-refractivity contribution in [3.05, 3.63) is 24.3 Å². The van der Waals surface area contributed by atoms with Gasteiger partial charge in [-0.05, 0) is 55.9 Å². The van der Waals surface area contributed by atoms with E-state index in [1.165, 1.54) is 12.8 Å². The predicted molar refractivity (Wildman–Crippen MR) is 71.9 cm³/mol. The van der Waals surface area contributed by atoms with Gasteiger partial charge >= 0.3 is 0 Å². The van der Waals surface area contributed by atoms with E-state index in [-0.39, 0.29) is 12.1 Å². The number of rotatable bonds is 3. The third-order valence-electron chi connectivity index (χ3n) is 3.85. The minimum absolute atomic E-state index is 0.136. The summed E-state index contributed by atoms with van der Waals surface area (Å²) in [6.07, 6.45) is 4.44. The van der Waals surface area contributed by atoms with Crippen LogP contribution in [0, 0.1) is 5.92 Å². The molecule has 0 bridgehead atoms. The van der Waals surface area contributed by atoms with Gasteiger partial charge < -0.3 is 16.2 Å². The Morgan fingerprint density at radius 2 is 1.88 bits per heavy atom. The molecule has 0 unspecified atom stereocenters. The molecular weight excluding hydrogens is 212 g/mol. The third kappa shape index (κ3) is 2.91. The first kappa shape index (κ1) is 12.2. The van der Waals surface area contributed by atoms with E-state index in [0.717, 1.165) is 30.1 Å². The van der Waals surface area contributed by atoms with Crippen molar-refractivity contribution in [3.63, 3.8) is 0 Å². The van der Waals surface area contributed by atoms with Crippen molar-refractivity contribution in [2.75, 3.05) is 17.7 Å². The normalized spacial score (nSPS) is 28.9. The van der Waals surface area contributed by atoms with Gasteiger partial charge in [-0.2, -0.15) is 0 Å². The summed E-state index contributed by atoms with van der Waals surface area (Å²) in [5, 5.41) is 13.1. The van der Waals surface area contributed by atoms with Crippen LogP contribution in [0.15, 0.2) is 24.3 Å².